The van der Waals surface area contributed by atoms with Crippen molar-refractivity contribution in [1.82, 2.24) is 10.2 Å². The zero-order valence-corrected chi connectivity index (χ0v) is 22.3. The highest BCUT2D eigenvalue weighted by Crippen LogP contribution is 2.47. The predicted octanol–water partition coefficient (Wildman–Crippen LogP) is 5.31. The lowest BCUT2D eigenvalue weighted by Gasteiger charge is -2.44. The minimum absolute atomic E-state index is 0.0679. The molecular weight excluding hydrogens is 490 g/mol. The number of benzene rings is 2. The molecule has 1 spiro atoms. The summed E-state index contributed by atoms with van der Waals surface area (Å²) in [7, 11) is 0. The van der Waals surface area contributed by atoms with Gasteiger partial charge in [0.15, 0.2) is 0 Å². The van der Waals surface area contributed by atoms with E-state index in [1.165, 1.54) is 0 Å². The van der Waals surface area contributed by atoms with Gasteiger partial charge in [-0.2, -0.15) is 0 Å². The Balaban J connectivity index is 1.56. The molecule has 1 saturated carbocycles. The Bertz CT molecular complexity index is 1210. The van der Waals surface area contributed by atoms with Crippen LogP contribution in [-0.4, -0.2) is 45.7 Å². The number of carbonyl (C=O) groups excluding carboxylic acids is 2. The number of carboxylic acid groups (broad SMARTS) is 1. The summed E-state index contributed by atoms with van der Waals surface area (Å²) in [5.41, 5.74) is 1.99. The number of hydrogen-bond acceptors (Lipinski definition) is 4. The Hall–Kier alpha value is -3.19. The topological polar surface area (TPSA) is 99.1 Å². The average Bonchev–Trinajstić information content (AvgIpc) is 3.10. The summed E-state index contributed by atoms with van der Waals surface area (Å²) >= 11 is 6.47. The molecule has 0 saturated heterocycles. The number of nitrogens with one attached hydrogen (secondary N) is 1. The van der Waals surface area contributed by atoms with Crippen molar-refractivity contribution < 1.29 is 19.5 Å². The molecule has 37 heavy (non-hydrogen) atoms. The van der Waals surface area contributed by atoms with Crippen molar-refractivity contribution in [2.75, 3.05) is 6.54 Å². The van der Waals surface area contributed by atoms with Crippen molar-refractivity contribution in [1.29, 1.82) is 0 Å². The third kappa shape index (κ3) is 5.87. The molecule has 2 aromatic rings. The average molecular weight is 524 g/mol. The van der Waals surface area contributed by atoms with Crippen LogP contribution in [0.5, 0.6) is 0 Å². The lowest BCUT2D eigenvalue weighted by Crippen LogP contribution is -2.49. The summed E-state index contributed by atoms with van der Waals surface area (Å²) in [6.45, 7) is 7.25. The fraction of sp³-hybridized carbons (Fsp3) is 0.448. The molecule has 7 nitrogen and oxygen atoms in total. The molecule has 2 aliphatic rings. The molecular formula is C29H34ClN3O4. The molecule has 0 atom stereocenters. The minimum atomic E-state index is -0.963. The second kappa shape index (κ2) is 10.7. The van der Waals surface area contributed by atoms with E-state index >= 15 is 0 Å². The zero-order valence-electron chi connectivity index (χ0n) is 21.6. The van der Waals surface area contributed by atoms with Gasteiger partial charge in [-0.05, 0) is 60.8 Å². The molecule has 1 heterocycles. The quantitative estimate of drug-likeness (QED) is 0.513. The number of aliphatic carboxylic acids is 1. The monoisotopic (exact) mass is 523 g/mol. The Kier molecular flexibility index (Phi) is 7.74. The van der Waals surface area contributed by atoms with Crippen LogP contribution >= 0.6 is 11.6 Å². The van der Waals surface area contributed by atoms with E-state index in [0.29, 0.717) is 34.3 Å². The van der Waals surface area contributed by atoms with E-state index in [-0.39, 0.29) is 30.2 Å². The van der Waals surface area contributed by atoms with Crippen molar-refractivity contribution in [2.24, 2.45) is 16.3 Å². The van der Waals surface area contributed by atoms with Crippen LogP contribution in [0.15, 0.2) is 53.5 Å². The van der Waals surface area contributed by atoms with Crippen molar-refractivity contribution in [2.45, 2.75) is 65.1 Å². The van der Waals surface area contributed by atoms with Crippen LogP contribution in [0.3, 0.4) is 0 Å². The normalized spacial score (nSPS) is 21.7. The summed E-state index contributed by atoms with van der Waals surface area (Å²) in [5, 5.41) is 11.9. The van der Waals surface area contributed by atoms with E-state index in [1.54, 1.807) is 18.2 Å². The van der Waals surface area contributed by atoms with E-state index in [1.807, 2.05) is 35.2 Å². The highest BCUT2D eigenvalue weighted by Gasteiger charge is 2.50. The number of carbonyl (C=O) groups is 3. The van der Waals surface area contributed by atoms with E-state index in [2.05, 4.69) is 26.1 Å². The molecule has 1 fully saturated rings. The lowest BCUT2D eigenvalue weighted by atomic mass is 9.69. The fourth-order valence-electron chi connectivity index (χ4n) is 5.34. The Morgan fingerprint density at radius 1 is 1.11 bits per heavy atom. The number of hydrogen-bond donors (Lipinski definition) is 2. The molecule has 0 radical (unpaired) electrons. The maximum atomic E-state index is 13.8. The van der Waals surface area contributed by atoms with Crippen LogP contribution in [0, 0.1) is 11.3 Å². The van der Waals surface area contributed by atoms with Crippen LogP contribution in [-0.2, 0) is 16.1 Å². The minimum Gasteiger partial charge on any atom is -0.481 e. The molecule has 8 heteroatoms. The van der Waals surface area contributed by atoms with E-state index < -0.39 is 11.6 Å². The highest BCUT2D eigenvalue weighted by atomic mass is 35.5. The molecule has 1 aliphatic carbocycles. The number of rotatable bonds is 7. The van der Waals surface area contributed by atoms with Crippen molar-refractivity contribution in [3.05, 3.63) is 70.2 Å². The third-order valence-corrected chi connectivity index (χ3v) is 7.92. The summed E-state index contributed by atoms with van der Waals surface area (Å²) < 4.78 is 0. The molecule has 0 unspecified atom stereocenters. The van der Waals surface area contributed by atoms with Gasteiger partial charge >= 0.3 is 5.97 Å². The van der Waals surface area contributed by atoms with E-state index in [0.717, 1.165) is 31.2 Å². The van der Waals surface area contributed by atoms with Gasteiger partial charge in [0.1, 0.15) is 11.4 Å². The number of carboxylic acids is 1. The number of amides is 2. The van der Waals surface area contributed by atoms with Gasteiger partial charge in [-0.3, -0.25) is 19.4 Å². The molecule has 1 aliphatic heterocycles. The predicted molar refractivity (Wildman–Crippen MR) is 144 cm³/mol. The molecule has 2 amide bonds. The summed E-state index contributed by atoms with van der Waals surface area (Å²) in [6.07, 6.45) is 3.42. The summed E-state index contributed by atoms with van der Waals surface area (Å²) in [5.74, 6) is -0.854. The van der Waals surface area contributed by atoms with Gasteiger partial charge in [0.25, 0.3) is 11.8 Å². The van der Waals surface area contributed by atoms with Crippen molar-refractivity contribution in [3.8, 4) is 0 Å². The van der Waals surface area contributed by atoms with Gasteiger partial charge in [-0.1, -0.05) is 62.7 Å². The molecule has 0 bridgehead atoms. The second-order valence-corrected chi connectivity index (χ2v) is 11.5. The van der Waals surface area contributed by atoms with E-state index in [9.17, 15) is 14.4 Å². The van der Waals surface area contributed by atoms with Gasteiger partial charge in [-0.25, -0.2) is 0 Å². The number of halogens is 1. The van der Waals surface area contributed by atoms with Gasteiger partial charge < -0.3 is 15.3 Å². The van der Waals surface area contributed by atoms with Crippen LogP contribution in [0.4, 0.5) is 0 Å². The number of nitrogens with zero attached hydrogens (tertiary/aromatic N) is 2. The first-order valence-corrected chi connectivity index (χ1v) is 13.1. The lowest BCUT2D eigenvalue weighted by molar-refractivity contribution is -0.136. The first-order valence-electron chi connectivity index (χ1n) is 12.8. The van der Waals surface area contributed by atoms with Crippen LogP contribution in [0.2, 0.25) is 5.02 Å². The Morgan fingerprint density at radius 3 is 2.35 bits per heavy atom. The second-order valence-electron chi connectivity index (χ2n) is 11.1. The van der Waals surface area contributed by atoms with Gasteiger partial charge in [0, 0.05) is 24.2 Å². The standard InChI is InChI=1S/C29H34ClN3O4/c1-28(2,3)21-12-15-29(16-13-21)32-25(22-6-4-5-7-23(22)30)27(37)33(29)18-19-8-10-20(11-9-19)26(36)31-17-14-24(34)35/h4-11,21H,12-18H2,1-3H3,(H,31,36)(H,34,35). The zero-order chi connectivity index (χ0) is 26.8. The van der Waals surface area contributed by atoms with Gasteiger partial charge in [0.05, 0.1) is 11.4 Å². The maximum Gasteiger partial charge on any atom is 0.305 e. The van der Waals surface area contributed by atoms with Crippen LogP contribution in [0.25, 0.3) is 0 Å². The maximum absolute atomic E-state index is 13.8. The Morgan fingerprint density at radius 2 is 1.76 bits per heavy atom. The van der Waals surface area contributed by atoms with E-state index in [4.69, 9.17) is 21.7 Å². The third-order valence-electron chi connectivity index (χ3n) is 7.59. The van der Waals surface area contributed by atoms with Crippen LogP contribution < -0.4 is 5.32 Å². The SMILES string of the molecule is CC(C)(C)C1CCC2(CC1)N=C(c1ccccc1Cl)C(=O)N2Cc1ccc(C(=O)NCCC(=O)O)cc1. The number of aliphatic imine (C=N–C) groups is 1. The fourth-order valence-corrected chi connectivity index (χ4v) is 5.56. The summed E-state index contributed by atoms with van der Waals surface area (Å²) in [6, 6.07) is 14.4. The van der Waals surface area contributed by atoms with Gasteiger partial charge in [0.2, 0.25) is 0 Å². The largest absolute Gasteiger partial charge is 0.481 e. The smallest absolute Gasteiger partial charge is 0.305 e. The highest BCUT2D eigenvalue weighted by molar-refractivity contribution is 6.50. The van der Waals surface area contributed by atoms with Gasteiger partial charge in [-0.15, -0.1) is 0 Å². The molecule has 4 rings (SSSR count). The first kappa shape index (κ1) is 26.9. The Labute approximate surface area is 222 Å². The van der Waals surface area contributed by atoms with Crippen molar-refractivity contribution >= 4 is 35.1 Å². The first-order chi connectivity index (χ1) is 17.5. The molecule has 2 N–H and O–H groups in total. The molecule has 196 valence electrons. The molecule has 2 aromatic carbocycles. The van der Waals surface area contributed by atoms with Crippen molar-refractivity contribution in [3.63, 3.8) is 0 Å². The van der Waals surface area contributed by atoms with Crippen LogP contribution in [0.1, 0.15) is 74.4 Å². The summed E-state index contributed by atoms with van der Waals surface area (Å²) in [4.78, 5) is 43.7. The molecule has 0 aromatic heterocycles.